The standard InChI is InChI=1S/C24H33N3O3S/c1-17(15-19-11-8-13-27(19)23(29)30-24(2,3)4)21(28)26-20(22-25-12-14-31-22)16-18-9-6-5-7-10-18/h5-7,9-10,12,14,17,19-20H,8,11,13,15-16H2,1-4H3,(H,26,28)/t17-,19+,20+/m1/s1. The fraction of sp³-hybridized carbons (Fsp3) is 0.542. The van der Waals surface area contributed by atoms with Gasteiger partial charge in [0.05, 0.1) is 6.04 Å². The highest BCUT2D eigenvalue weighted by molar-refractivity contribution is 7.09. The number of carbonyl (C=O) groups is 2. The molecule has 0 radical (unpaired) electrons. The van der Waals surface area contributed by atoms with Gasteiger partial charge in [-0.05, 0) is 52.0 Å². The molecule has 1 aromatic carbocycles. The minimum atomic E-state index is -0.522. The number of nitrogens with one attached hydrogen (secondary N) is 1. The molecule has 2 heterocycles. The largest absolute Gasteiger partial charge is 0.444 e. The van der Waals surface area contributed by atoms with Crippen molar-refractivity contribution in [3.63, 3.8) is 0 Å². The zero-order valence-electron chi connectivity index (χ0n) is 18.8. The summed E-state index contributed by atoms with van der Waals surface area (Å²) in [6, 6.07) is 9.99. The van der Waals surface area contributed by atoms with Gasteiger partial charge in [-0.2, -0.15) is 0 Å². The predicted octanol–water partition coefficient (Wildman–Crippen LogP) is 4.97. The third-order valence-corrected chi connectivity index (χ3v) is 6.32. The van der Waals surface area contributed by atoms with Crippen molar-refractivity contribution in [2.24, 2.45) is 5.92 Å². The lowest BCUT2D eigenvalue weighted by atomic mass is 9.98. The molecular formula is C24H33N3O3S. The Bertz CT molecular complexity index is 849. The number of aromatic nitrogens is 1. The van der Waals surface area contributed by atoms with Crippen LogP contribution in [0.25, 0.3) is 0 Å². The smallest absolute Gasteiger partial charge is 0.410 e. The Morgan fingerprint density at radius 1 is 1.29 bits per heavy atom. The van der Waals surface area contributed by atoms with Gasteiger partial charge in [-0.15, -0.1) is 11.3 Å². The molecule has 3 atom stereocenters. The van der Waals surface area contributed by atoms with Gasteiger partial charge in [0.1, 0.15) is 10.6 Å². The monoisotopic (exact) mass is 443 g/mol. The van der Waals surface area contributed by atoms with Gasteiger partial charge in [-0.25, -0.2) is 9.78 Å². The molecule has 0 bridgehead atoms. The van der Waals surface area contributed by atoms with E-state index in [1.807, 2.05) is 51.3 Å². The molecule has 0 spiro atoms. The van der Waals surface area contributed by atoms with E-state index in [4.69, 9.17) is 4.74 Å². The summed E-state index contributed by atoms with van der Waals surface area (Å²) in [5.41, 5.74) is 0.633. The van der Waals surface area contributed by atoms with Crippen molar-refractivity contribution >= 4 is 23.3 Å². The second-order valence-corrected chi connectivity index (χ2v) is 10.2. The quantitative estimate of drug-likeness (QED) is 0.656. The van der Waals surface area contributed by atoms with E-state index in [1.54, 1.807) is 22.4 Å². The molecule has 3 rings (SSSR count). The summed E-state index contributed by atoms with van der Waals surface area (Å²) >= 11 is 1.55. The number of nitrogens with zero attached hydrogens (tertiary/aromatic N) is 2. The van der Waals surface area contributed by atoms with E-state index in [0.717, 1.165) is 23.4 Å². The molecule has 0 unspecified atom stereocenters. The maximum absolute atomic E-state index is 13.1. The lowest BCUT2D eigenvalue weighted by Gasteiger charge is -2.30. The minimum absolute atomic E-state index is 0.00725. The van der Waals surface area contributed by atoms with E-state index in [9.17, 15) is 9.59 Å². The third kappa shape index (κ3) is 6.79. The summed E-state index contributed by atoms with van der Waals surface area (Å²) in [6.45, 7) is 8.23. The maximum atomic E-state index is 13.1. The first kappa shape index (κ1) is 23.3. The number of amides is 2. The van der Waals surface area contributed by atoms with Crippen molar-refractivity contribution < 1.29 is 14.3 Å². The molecule has 1 saturated heterocycles. The van der Waals surface area contributed by atoms with Crippen molar-refractivity contribution in [1.82, 2.24) is 15.2 Å². The van der Waals surface area contributed by atoms with Gasteiger partial charge in [-0.1, -0.05) is 37.3 Å². The third-order valence-electron chi connectivity index (χ3n) is 5.43. The van der Waals surface area contributed by atoms with Gasteiger partial charge in [0, 0.05) is 30.1 Å². The fourth-order valence-electron chi connectivity index (χ4n) is 3.93. The maximum Gasteiger partial charge on any atom is 0.410 e. The Hall–Kier alpha value is -2.41. The lowest BCUT2D eigenvalue weighted by Crippen LogP contribution is -2.42. The molecule has 0 saturated carbocycles. The molecule has 0 aliphatic carbocycles. The first-order chi connectivity index (χ1) is 14.7. The summed E-state index contributed by atoms with van der Waals surface area (Å²) in [5, 5.41) is 6.03. The van der Waals surface area contributed by atoms with Crippen LogP contribution in [0.2, 0.25) is 0 Å². The molecule has 2 aromatic rings. The van der Waals surface area contributed by atoms with Crippen LogP contribution in [0.3, 0.4) is 0 Å². The Balaban J connectivity index is 1.62. The van der Waals surface area contributed by atoms with Crippen LogP contribution in [0, 0.1) is 5.92 Å². The summed E-state index contributed by atoms with van der Waals surface area (Å²) < 4.78 is 5.55. The molecule has 6 nitrogen and oxygen atoms in total. The zero-order valence-corrected chi connectivity index (χ0v) is 19.7. The second kappa shape index (κ2) is 10.3. The van der Waals surface area contributed by atoms with Gasteiger partial charge < -0.3 is 15.0 Å². The second-order valence-electron chi connectivity index (χ2n) is 9.23. The molecule has 7 heteroatoms. The molecule has 1 aromatic heterocycles. The summed E-state index contributed by atoms with van der Waals surface area (Å²) in [6.07, 6.45) is 4.64. The van der Waals surface area contributed by atoms with Crippen molar-refractivity contribution in [2.75, 3.05) is 6.54 Å². The zero-order chi connectivity index (χ0) is 22.4. The van der Waals surface area contributed by atoms with Gasteiger partial charge in [0.25, 0.3) is 0 Å². The van der Waals surface area contributed by atoms with Crippen LogP contribution in [-0.4, -0.2) is 40.1 Å². The van der Waals surface area contributed by atoms with Gasteiger partial charge in [0.2, 0.25) is 5.91 Å². The van der Waals surface area contributed by atoms with Crippen LogP contribution < -0.4 is 5.32 Å². The van der Waals surface area contributed by atoms with Crippen LogP contribution >= 0.6 is 11.3 Å². The highest BCUT2D eigenvalue weighted by Crippen LogP contribution is 2.27. The Kier molecular flexibility index (Phi) is 7.70. The lowest BCUT2D eigenvalue weighted by molar-refractivity contribution is -0.125. The summed E-state index contributed by atoms with van der Waals surface area (Å²) in [4.78, 5) is 31.8. The highest BCUT2D eigenvalue weighted by Gasteiger charge is 2.34. The van der Waals surface area contributed by atoms with Crippen LogP contribution in [0.4, 0.5) is 4.79 Å². The predicted molar refractivity (Wildman–Crippen MR) is 123 cm³/mol. The average Bonchev–Trinajstić information content (AvgIpc) is 3.39. The number of carbonyl (C=O) groups excluding carboxylic acids is 2. The number of rotatable bonds is 7. The van der Waals surface area contributed by atoms with Crippen molar-refractivity contribution in [1.29, 1.82) is 0 Å². The molecule has 1 aliphatic heterocycles. The highest BCUT2D eigenvalue weighted by atomic mass is 32.1. The Morgan fingerprint density at radius 2 is 2.03 bits per heavy atom. The first-order valence-electron chi connectivity index (χ1n) is 11.0. The van der Waals surface area contributed by atoms with Crippen molar-refractivity contribution in [3.8, 4) is 0 Å². The van der Waals surface area contributed by atoms with E-state index >= 15 is 0 Å². The van der Waals surface area contributed by atoms with Gasteiger partial charge in [-0.3, -0.25) is 4.79 Å². The van der Waals surface area contributed by atoms with Crippen molar-refractivity contribution in [3.05, 3.63) is 52.5 Å². The molecule has 2 amide bonds. The molecule has 1 fully saturated rings. The van der Waals surface area contributed by atoms with Crippen LogP contribution in [0.1, 0.15) is 63.6 Å². The van der Waals surface area contributed by atoms with E-state index in [0.29, 0.717) is 19.4 Å². The summed E-state index contributed by atoms with van der Waals surface area (Å²) in [7, 11) is 0. The SMILES string of the molecule is C[C@H](C[C@@H]1CCCN1C(=O)OC(C)(C)C)C(=O)N[C@@H](Cc1ccccc1)c1nccs1. The number of ether oxygens (including phenoxy) is 1. The van der Waals surface area contributed by atoms with E-state index in [1.165, 1.54) is 0 Å². The van der Waals surface area contributed by atoms with Crippen LogP contribution in [-0.2, 0) is 16.0 Å². The Morgan fingerprint density at radius 3 is 2.68 bits per heavy atom. The Labute approximate surface area is 189 Å². The number of thiazole rings is 1. The molecule has 31 heavy (non-hydrogen) atoms. The number of hydrogen-bond acceptors (Lipinski definition) is 5. The fourth-order valence-corrected chi connectivity index (χ4v) is 4.62. The normalized spacial score (nSPS) is 18.5. The number of benzene rings is 1. The van der Waals surface area contributed by atoms with Crippen LogP contribution in [0.15, 0.2) is 41.9 Å². The van der Waals surface area contributed by atoms with E-state index in [2.05, 4.69) is 22.4 Å². The summed E-state index contributed by atoms with van der Waals surface area (Å²) in [5.74, 6) is -0.224. The first-order valence-corrected chi connectivity index (χ1v) is 11.8. The molecular weight excluding hydrogens is 410 g/mol. The molecule has 168 valence electrons. The number of hydrogen-bond donors (Lipinski definition) is 1. The van der Waals surface area contributed by atoms with E-state index < -0.39 is 5.60 Å². The van der Waals surface area contributed by atoms with Crippen LogP contribution in [0.5, 0.6) is 0 Å². The molecule has 1 aliphatic rings. The van der Waals surface area contributed by atoms with Crippen molar-refractivity contribution in [2.45, 2.75) is 71.1 Å². The van der Waals surface area contributed by atoms with E-state index in [-0.39, 0.29) is 30.0 Å². The average molecular weight is 444 g/mol. The van der Waals surface area contributed by atoms with Gasteiger partial charge in [0.15, 0.2) is 0 Å². The topological polar surface area (TPSA) is 71.5 Å². The van der Waals surface area contributed by atoms with Gasteiger partial charge >= 0.3 is 6.09 Å². The number of likely N-dealkylation sites (tertiary alicyclic amines) is 1. The molecule has 1 N–H and O–H groups in total. The minimum Gasteiger partial charge on any atom is -0.444 e.